The molecule has 0 aliphatic carbocycles. The van der Waals surface area contributed by atoms with Crippen LogP contribution in [0.4, 0.5) is 0 Å². The van der Waals surface area contributed by atoms with Crippen molar-refractivity contribution in [2.75, 3.05) is 45.5 Å². The number of thiazole rings is 1. The maximum absolute atomic E-state index is 14.5. The van der Waals surface area contributed by atoms with E-state index < -0.39 is 47.9 Å². The lowest BCUT2D eigenvalue weighted by Gasteiger charge is -2.37. The van der Waals surface area contributed by atoms with Gasteiger partial charge in [-0.3, -0.25) is 33.6 Å². The van der Waals surface area contributed by atoms with Gasteiger partial charge in [-0.2, -0.15) is 12.6 Å². The zero-order valence-electron chi connectivity index (χ0n) is 43.4. The molecule has 0 radical (unpaired) electrons. The summed E-state index contributed by atoms with van der Waals surface area (Å²) in [4.78, 5) is 107. The average Bonchev–Trinajstić information content (AvgIpc) is 3.86. The first-order valence-electron chi connectivity index (χ1n) is 25.2. The smallest absolute Gasteiger partial charge is 0.303 e. The van der Waals surface area contributed by atoms with E-state index >= 15 is 0 Å². The van der Waals surface area contributed by atoms with Crippen LogP contribution in [0.2, 0.25) is 0 Å². The maximum Gasteiger partial charge on any atom is 0.303 e. The molecule has 0 bridgehead atoms. The Morgan fingerprint density at radius 3 is 2.08 bits per heavy atom. The van der Waals surface area contributed by atoms with Crippen molar-refractivity contribution in [3.05, 3.63) is 82.3 Å². The summed E-state index contributed by atoms with van der Waals surface area (Å²) in [5.74, 6) is -2.36. The largest absolute Gasteiger partial charge is 0.455 e. The van der Waals surface area contributed by atoms with E-state index in [0.717, 1.165) is 28.2 Å². The highest BCUT2D eigenvalue weighted by molar-refractivity contribution is 7.99. The van der Waals surface area contributed by atoms with Gasteiger partial charge in [0.1, 0.15) is 28.8 Å². The standard InChI is InChI=1S/C53H78N8O8S3/c1-9-36(4)30-47(64)59(8)44(35(2)3)32-45(69-37(5)62)51-58-43(34-72-51)50(67)57-42(33-71-39-20-14-11-15-21-39)49(66)55-40(22-16-17-25-54)48(65)56-41(31-38-18-12-10-13-19-38)52(68)61-28-26-60(27-29-61)46(63)23-24-53(6,7)70/h10-15,18-21,34-36,40-42,44-45,70H,9,16-17,22-33,54H2,1-8H3,(H,55,66)(H,56,65)(H,57,67)/t36-,40+,41-,42-,44+,45+/m0/s1. The Hall–Kier alpha value is -4.98. The number of carbonyl (C=O) groups is 7. The van der Waals surface area contributed by atoms with E-state index in [2.05, 4.69) is 33.6 Å². The van der Waals surface area contributed by atoms with Gasteiger partial charge in [-0.1, -0.05) is 96.5 Å². The summed E-state index contributed by atoms with van der Waals surface area (Å²) in [6.45, 7) is 15.0. The molecule has 1 aromatic heterocycles. The van der Waals surface area contributed by atoms with Gasteiger partial charge in [-0.05, 0) is 61.8 Å². The van der Waals surface area contributed by atoms with E-state index in [-0.39, 0.29) is 71.1 Å². The fraction of sp³-hybridized carbons (Fsp3) is 0.585. The third kappa shape index (κ3) is 19.8. The molecule has 5 N–H and O–H groups in total. The van der Waals surface area contributed by atoms with E-state index in [9.17, 15) is 33.6 Å². The van der Waals surface area contributed by atoms with Crippen LogP contribution in [0, 0.1) is 11.8 Å². The fourth-order valence-corrected chi connectivity index (χ4v) is 10.1. The molecule has 3 aromatic rings. The number of esters is 1. The predicted molar refractivity (Wildman–Crippen MR) is 287 cm³/mol. The first-order chi connectivity index (χ1) is 34.2. The topological polar surface area (TPSA) is 213 Å². The van der Waals surface area contributed by atoms with Crippen LogP contribution in [0.1, 0.15) is 127 Å². The van der Waals surface area contributed by atoms with Gasteiger partial charge in [0.2, 0.25) is 29.5 Å². The Balaban J connectivity index is 1.56. The molecule has 0 saturated carbocycles. The summed E-state index contributed by atoms with van der Waals surface area (Å²) in [7, 11) is 1.76. The van der Waals surface area contributed by atoms with Crippen molar-refractivity contribution in [3.8, 4) is 0 Å². The lowest BCUT2D eigenvalue weighted by molar-refractivity contribution is -0.148. The number of thioether (sulfide) groups is 1. The van der Waals surface area contributed by atoms with Gasteiger partial charge in [-0.15, -0.1) is 23.1 Å². The molecular weight excluding hydrogens is 973 g/mol. The zero-order valence-corrected chi connectivity index (χ0v) is 45.9. The number of carbonyl (C=O) groups excluding carboxylic acids is 7. The Bertz CT molecular complexity index is 2220. The van der Waals surface area contributed by atoms with Crippen molar-refractivity contribution >= 4 is 77.1 Å². The Labute approximate surface area is 440 Å². The molecule has 72 heavy (non-hydrogen) atoms. The van der Waals surface area contributed by atoms with Gasteiger partial charge < -0.3 is 41.1 Å². The number of piperazine rings is 1. The maximum atomic E-state index is 14.5. The third-order valence-corrected chi connectivity index (χ3v) is 15.1. The zero-order chi connectivity index (χ0) is 53.0. The average molecular weight is 1050 g/mol. The van der Waals surface area contributed by atoms with E-state index in [1.54, 1.807) is 21.7 Å². The number of hydrogen-bond acceptors (Lipinski definition) is 13. The number of ether oxygens (including phenoxy) is 1. The van der Waals surface area contributed by atoms with Crippen molar-refractivity contribution < 1.29 is 38.3 Å². The quantitative estimate of drug-likeness (QED) is 0.0231. The lowest BCUT2D eigenvalue weighted by Crippen LogP contribution is -2.59. The van der Waals surface area contributed by atoms with Crippen molar-refractivity contribution in [1.29, 1.82) is 0 Å². The molecular formula is C53H78N8O8S3. The Morgan fingerprint density at radius 1 is 0.875 bits per heavy atom. The number of unbranched alkanes of at least 4 members (excludes halogenated alkanes) is 1. The van der Waals surface area contributed by atoms with E-state index in [0.29, 0.717) is 69.8 Å². The molecule has 2 aromatic carbocycles. The SMILES string of the molecule is CC[C@H](C)CC(=O)N(C)[C@H](C[C@@H](OC(C)=O)c1nc(C(=O)N[C@@H](CSc2ccccc2)C(=O)N[C@H](CCCCN)C(=O)N[C@@H](Cc2ccccc2)C(=O)N2CCN(C(=O)CCC(C)(C)S)CC2)cs1)C(C)C. The summed E-state index contributed by atoms with van der Waals surface area (Å²) in [6.07, 6.45) is 3.10. The first-order valence-corrected chi connectivity index (χ1v) is 27.5. The number of aromatic nitrogens is 1. The summed E-state index contributed by atoms with van der Waals surface area (Å²) in [5.41, 5.74) is 6.69. The van der Waals surface area contributed by atoms with Gasteiger partial charge >= 0.3 is 5.97 Å². The molecule has 16 nitrogen and oxygen atoms in total. The third-order valence-electron chi connectivity index (χ3n) is 12.8. The van der Waals surface area contributed by atoms with Crippen LogP contribution in [-0.2, 0) is 39.9 Å². The molecule has 396 valence electrons. The number of nitrogens with zero attached hydrogens (tertiary/aromatic N) is 4. The highest BCUT2D eigenvalue weighted by Gasteiger charge is 2.35. The molecule has 6 atom stereocenters. The van der Waals surface area contributed by atoms with Crippen LogP contribution in [0.5, 0.6) is 0 Å². The lowest BCUT2D eigenvalue weighted by atomic mass is 9.95. The van der Waals surface area contributed by atoms with Crippen LogP contribution in [0.25, 0.3) is 0 Å². The molecule has 4 rings (SSSR count). The number of hydrogen-bond donors (Lipinski definition) is 5. The number of nitrogens with one attached hydrogen (secondary N) is 3. The normalized spacial score (nSPS) is 15.4. The second-order valence-corrected chi connectivity index (χ2v) is 22.9. The molecule has 0 unspecified atom stereocenters. The number of thiol groups is 1. The second kappa shape index (κ2) is 29.7. The number of nitrogens with two attached hydrogens (primary N) is 1. The minimum Gasteiger partial charge on any atom is -0.455 e. The number of amides is 6. The Kier molecular flexibility index (Phi) is 24.5. The van der Waals surface area contributed by atoms with Gasteiger partial charge in [0.05, 0.1) is 0 Å². The van der Waals surface area contributed by atoms with Crippen LogP contribution < -0.4 is 21.7 Å². The molecule has 1 saturated heterocycles. The highest BCUT2D eigenvalue weighted by atomic mass is 32.2. The molecule has 1 fully saturated rings. The van der Waals surface area contributed by atoms with Gasteiger partial charge in [0, 0.05) is 92.7 Å². The molecule has 2 heterocycles. The van der Waals surface area contributed by atoms with Crippen LogP contribution in [-0.4, -0.2) is 136 Å². The number of benzene rings is 2. The highest BCUT2D eigenvalue weighted by Crippen LogP contribution is 2.31. The van der Waals surface area contributed by atoms with Gasteiger partial charge in [0.25, 0.3) is 5.91 Å². The Morgan fingerprint density at radius 2 is 1.49 bits per heavy atom. The summed E-state index contributed by atoms with van der Waals surface area (Å²) < 4.78 is 5.50. The molecule has 0 spiro atoms. The van der Waals surface area contributed by atoms with E-state index in [4.69, 9.17) is 10.5 Å². The number of rotatable bonds is 28. The van der Waals surface area contributed by atoms with Gasteiger partial charge in [0.15, 0.2) is 6.10 Å². The van der Waals surface area contributed by atoms with Crippen molar-refractivity contribution in [1.82, 2.24) is 35.6 Å². The summed E-state index contributed by atoms with van der Waals surface area (Å²) >= 11 is 7.04. The molecule has 1 aliphatic heterocycles. The van der Waals surface area contributed by atoms with Crippen molar-refractivity contribution in [3.63, 3.8) is 0 Å². The monoisotopic (exact) mass is 1050 g/mol. The fourth-order valence-electron chi connectivity index (χ4n) is 8.24. The van der Waals surface area contributed by atoms with Gasteiger partial charge in [-0.25, -0.2) is 4.98 Å². The van der Waals surface area contributed by atoms with Crippen LogP contribution >= 0.6 is 35.7 Å². The second-order valence-electron chi connectivity index (χ2n) is 19.7. The molecule has 19 heteroatoms. The first kappa shape index (κ1) is 59.6. The van der Waals surface area contributed by atoms with Crippen molar-refractivity contribution in [2.45, 2.75) is 146 Å². The molecule has 6 amide bonds. The van der Waals surface area contributed by atoms with Crippen molar-refractivity contribution in [2.24, 2.45) is 17.6 Å². The van der Waals surface area contributed by atoms with E-state index in [1.807, 2.05) is 102 Å². The predicted octanol–water partition coefficient (Wildman–Crippen LogP) is 6.45. The summed E-state index contributed by atoms with van der Waals surface area (Å²) in [5, 5.41) is 10.6. The minimum absolute atomic E-state index is 0.00303. The summed E-state index contributed by atoms with van der Waals surface area (Å²) in [6, 6.07) is 15.2. The van der Waals surface area contributed by atoms with E-state index in [1.165, 1.54) is 24.1 Å². The minimum atomic E-state index is -1.16. The molecule has 1 aliphatic rings. The van der Waals surface area contributed by atoms with Crippen LogP contribution in [0.15, 0.2) is 70.9 Å². The van der Waals surface area contributed by atoms with Crippen LogP contribution in [0.3, 0.4) is 0 Å².